The lowest BCUT2D eigenvalue weighted by Gasteiger charge is -2.26. The summed E-state index contributed by atoms with van der Waals surface area (Å²) in [4.78, 5) is 12.1. The maximum absolute atomic E-state index is 5.45. The summed E-state index contributed by atoms with van der Waals surface area (Å²) in [6.45, 7) is 11.1. The van der Waals surface area contributed by atoms with Gasteiger partial charge in [-0.05, 0) is 43.2 Å². The van der Waals surface area contributed by atoms with Crippen LogP contribution in [0, 0.1) is 0 Å². The van der Waals surface area contributed by atoms with Crippen molar-refractivity contribution < 1.29 is 4.74 Å². The van der Waals surface area contributed by atoms with Gasteiger partial charge in [-0.3, -0.25) is 14.6 Å². The zero-order chi connectivity index (χ0) is 24.6. The Labute approximate surface area is 207 Å². The Hall–Kier alpha value is -3.56. The quantitative estimate of drug-likeness (QED) is 0.273. The summed E-state index contributed by atoms with van der Waals surface area (Å²) in [6.07, 6.45) is 6.75. The lowest BCUT2D eigenvalue weighted by molar-refractivity contribution is 0.0378. The van der Waals surface area contributed by atoms with Gasteiger partial charge in [0.15, 0.2) is 5.82 Å². The third kappa shape index (κ3) is 6.52. The zero-order valence-corrected chi connectivity index (χ0v) is 20.8. The van der Waals surface area contributed by atoms with Gasteiger partial charge in [0.25, 0.3) is 0 Å². The van der Waals surface area contributed by atoms with E-state index in [9.17, 15) is 0 Å². The predicted molar refractivity (Wildman–Crippen MR) is 141 cm³/mol. The van der Waals surface area contributed by atoms with Crippen LogP contribution in [0.4, 0.5) is 5.82 Å². The van der Waals surface area contributed by atoms with Crippen LogP contribution in [0.5, 0.6) is 0 Å². The molecule has 1 aliphatic rings. The molecule has 0 saturated carbocycles. The topological polar surface area (TPSA) is 83.7 Å². The summed E-state index contributed by atoms with van der Waals surface area (Å²) in [5.74, 6) is 1.47. The predicted octanol–water partition coefficient (Wildman–Crippen LogP) is 3.59. The molecule has 0 unspecified atom stereocenters. The number of morpholine rings is 1. The van der Waals surface area contributed by atoms with Crippen molar-refractivity contribution in [2.45, 2.75) is 13.3 Å². The summed E-state index contributed by atoms with van der Waals surface area (Å²) in [6, 6.07) is 10.2. The summed E-state index contributed by atoms with van der Waals surface area (Å²) in [7, 11) is 3.77. The number of hydrazone groups is 1. The smallest absolute Gasteiger partial charge is 0.161 e. The Balaban J connectivity index is 1.56. The molecule has 1 aromatic carbocycles. The largest absolute Gasteiger partial charge is 0.379 e. The number of aryl methyl sites for hydroxylation is 1. The molecule has 1 aliphatic heterocycles. The van der Waals surface area contributed by atoms with Crippen molar-refractivity contribution in [3.63, 3.8) is 0 Å². The minimum absolute atomic E-state index is 0.671. The number of hydrogen-bond acceptors (Lipinski definition) is 8. The van der Waals surface area contributed by atoms with E-state index in [4.69, 9.17) is 14.7 Å². The number of benzene rings is 1. The van der Waals surface area contributed by atoms with Crippen molar-refractivity contribution in [1.29, 1.82) is 0 Å². The molecular formula is C26H34N8O. The molecule has 1 saturated heterocycles. The van der Waals surface area contributed by atoms with Gasteiger partial charge in [-0.2, -0.15) is 10.2 Å². The van der Waals surface area contributed by atoms with Crippen LogP contribution in [-0.4, -0.2) is 82.8 Å². The first kappa shape index (κ1) is 24.6. The van der Waals surface area contributed by atoms with Crippen LogP contribution >= 0.6 is 0 Å². The van der Waals surface area contributed by atoms with Gasteiger partial charge in [0.05, 0.1) is 24.5 Å². The third-order valence-corrected chi connectivity index (χ3v) is 6.01. The second kappa shape index (κ2) is 11.7. The fraction of sp³-hybridized carbons (Fsp3) is 0.385. The van der Waals surface area contributed by atoms with Crippen LogP contribution in [-0.2, 0) is 11.8 Å². The summed E-state index contributed by atoms with van der Waals surface area (Å²) in [5.41, 5.74) is 4.85. The molecule has 35 heavy (non-hydrogen) atoms. The van der Waals surface area contributed by atoms with Gasteiger partial charge in [-0.15, -0.1) is 0 Å². The standard InChI is InChI=1S/C26H34N8O/c1-20(19-33(4)27-2)21-7-5-8-22(17-21)25-29-18-23(24-9-12-32(3)31-24)26(30-25)28-10-6-11-34-13-15-35-16-14-34/h5,7-9,12,17-19H,2,6,10-11,13-16H2,1,3-4H3,(H,28,29,30)/b20-19+. The molecule has 3 heterocycles. The number of nitrogens with zero attached hydrogens (tertiary/aromatic N) is 7. The van der Waals surface area contributed by atoms with Crippen LogP contribution in [0.3, 0.4) is 0 Å². The maximum atomic E-state index is 5.45. The Morgan fingerprint density at radius 3 is 2.86 bits per heavy atom. The average molecular weight is 475 g/mol. The minimum atomic E-state index is 0.671. The number of hydrogen-bond donors (Lipinski definition) is 1. The first-order chi connectivity index (χ1) is 17.0. The second-order valence-corrected chi connectivity index (χ2v) is 8.67. The van der Waals surface area contributed by atoms with E-state index in [0.29, 0.717) is 5.82 Å². The first-order valence-electron chi connectivity index (χ1n) is 11.9. The van der Waals surface area contributed by atoms with E-state index in [2.05, 4.69) is 39.3 Å². The molecule has 0 bridgehead atoms. The normalized spacial score (nSPS) is 14.7. The van der Waals surface area contributed by atoms with Gasteiger partial charge in [-0.25, -0.2) is 9.97 Å². The van der Waals surface area contributed by atoms with E-state index < -0.39 is 0 Å². The van der Waals surface area contributed by atoms with Crippen LogP contribution in [0.2, 0.25) is 0 Å². The molecule has 9 heteroatoms. The molecule has 4 rings (SSSR count). The number of aromatic nitrogens is 4. The SMILES string of the molecule is C=NN(C)/C=C(\C)c1cccc(-c2ncc(-c3ccn(C)n3)c(NCCCN3CCOCC3)n2)c1. The van der Waals surface area contributed by atoms with Crippen LogP contribution in [0.15, 0.2) is 54.0 Å². The van der Waals surface area contributed by atoms with E-state index in [1.54, 1.807) is 9.69 Å². The maximum Gasteiger partial charge on any atom is 0.161 e. The summed E-state index contributed by atoms with van der Waals surface area (Å²) < 4.78 is 7.24. The highest BCUT2D eigenvalue weighted by molar-refractivity contribution is 5.75. The van der Waals surface area contributed by atoms with Gasteiger partial charge in [-0.1, -0.05) is 18.2 Å². The highest BCUT2D eigenvalue weighted by Crippen LogP contribution is 2.28. The minimum Gasteiger partial charge on any atom is -0.379 e. The monoisotopic (exact) mass is 474 g/mol. The molecule has 0 aliphatic carbocycles. The van der Waals surface area contributed by atoms with Crippen LogP contribution < -0.4 is 5.32 Å². The molecule has 0 radical (unpaired) electrons. The molecule has 1 fully saturated rings. The lowest BCUT2D eigenvalue weighted by atomic mass is 10.0. The van der Waals surface area contributed by atoms with Gasteiger partial charge in [0, 0.05) is 64.6 Å². The van der Waals surface area contributed by atoms with E-state index in [1.807, 2.05) is 57.8 Å². The Morgan fingerprint density at radius 2 is 2.11 bits per heavy atom. The highest BCUT2D eigenvalue weighted by Gasteiger charge is 2.14. The molecule has 2 aromatic heterocycles. The molecule has 0 amide bonds. The van der Waals surface area contributed by atoms with E-state index in [-0.39, 0.29) is 0 Å². The highest BCUT2D eigenvalue weighted by atomic mass is 16.5. The van der Waals surface area contributed by atoms with E-state index in [1.165, 1.54) is 0 Å². The number of allylic oxidation sites excluding steroid dienone is 1. The van der Waals surface area contributed by atoms with Gasteiger partial charge in [0.1, 0.15) is 5.82 Å². The van der Waals surface area contributed by atoms with Crippen molar-refractivity contribution >= 4 is 18.1 Å². The van der Waals surface area contributed by atoms with Gasteiger partial charge >= 0.3 is 0 Å². The van der Waals surface area contributed by atoms with Crippen molar-refractivity contribution in [1.82, 2.24) is 29.7 Å². The fourth-order valence-electron chi connectivity index (χ4n) is 4.04. The summed E-state index contributed by atoms with van der Waals surface area (Å²) in [5, 5.41) is 13.7. The second-order valence-electron chi connectivity index (χ2n) is 8.67. The number of rotatable bonds is 10. The molecule has 0 spiro atoms. The van der Waals surface area contributed by atoms with Crippen molar-refractivity contribution in [2.24, 2.45) is 12.1 Å². The lowest BCUT2D eigenvalue weighted by Crippen LogP contribution is -2.37. The van der Waals surface area contributed by atoms with Gasteiger partial charge < -0.3 is 10.1 Å². The van der Waals surface area contributed by atoms with Crippen LogP contribution in [0.1, 0.15) is 18.9 Å². The Kier molecular flexibility index (Phi) is 8.23. The fourth-order valence-corrected chi connectivity index (χ4v) is 4.04. The molecule has 9 nitrogen and oxygen atoms in total. The number of nitrogens with one attached hydrogen (secondary N) is 1. The number of ether oxygens (including phenoxy) is 1. The molecule has 184 valence electrons. The van der Waals surface area contributed by atoms with Crippen molar-refractivity contribution in [3.8, 4) is 22.6 Å². The summed E-state index contributed by atoms with van der Waals surface area (Å²) >= 11 is 0. The van der Waals surface area contributed by atoms with Crippen molar-refractivity contribution in [2.75, 3.05) is 51.8 Å². The zero-order valence-electron chi connectivity index (χ0n) is 20.8. The average Bonchev–Trinajstić information content (AvgIpc) is 3.33. The molecular weight excluding hydrogens is 440 g/mol. The van der Waals surface area contributed by atoms with Gasteiger partial charge in [0.2, 0.25) is 0 Å². The van der Waals surface area contributed by atoms with E-state index >= 15 is 0 Å². The molecule has 3 aromatic rings. The molecule has 0 atom stereocenters. The molecule has 1 N–H and O–H groups in total. The Morgan fingerprint density at radius 1 is 1.29 bits per heavy atom. The third-order valence-electron chi connectivity index (χ3n) is 6.01. The van der Waals surface area contributed by atoms with E-state index in [0.717, 1.165) is 79.6 Å². The number of anilines is 1. The van der Waals surface area contributed by atoms with Crippen LogP contribution in [0.25, 0.3) is 28.2 Å². The Bertz CT molecular complexity index is 1170. The first-order valence-corrected chi connectivity index (χ1v) is 11.9. The van der Waals surface area contributed by atoms with Crippen molar-refractivity contribution in [3.05, 3.63) is 54.5 Å².